The Morgan fingerprint density at radius 2 is 1.73 bits per heavy atom. The maximum absolute atomic E-state index is 12.1. The molecule has 2 aromatic carbocycles. The van der Waals surface area contributed by atoms with Crippen molar-refractivity contribution in [1.29, 1.82) is 0 Å². The van der Waals surface area contributed by atoms with E-state index in [0.29, 0.717) is 16.5 Å². The summed E-state index contributed by atoms with van der Waals surface area (Å²) in [5.41, 5.74) is 1.84. The van der Waals surface area contributed by atoms with Crippen LogP contribution in [0.2, 0.25) is 5.02 Å². The van der Waals surface area contributed by atoms with Crippen LogP contribution in [0, 0.1) is 6.92 Å². The molecule has 0 bridgehead atoms. The summed E-state index contributed by atoms with van der Waals surface area (Å²) in [6.45, 7) is 7.19. The van der Waals surface area contributed by atoms with Crippen LogP contribution in [0.25, 0.3) is 21.8 Å². The molecular weight excluding hydrogens is 404 g/mol. The van der Waals surface area contributed by atoms with Gasteiger partial charge in [-0.1, -0.05) is 11.6 Å². The summed E-state index contributed by atoms with van der Waals surface area (Å²) < 4.78 is 16.5. The predicted octanol–water partition coefficient (Wildman–Crippen LogP) is 6.78. The number of hydrogen-bond donors (Lipinski definition) is 1. The molecular formula is C23H21ClN2O4. The molecule has 0 atom stereocenters. The Morgan fingerprint density at radius 3 is 2.43 bits per heavy atom. The minimum Gasteiger partial charge on any atom is -0.457 e. The topological polar surface area (TPSA) is 73.4 Å². The van der Waals surface area contributed by atoms with Gasteiger partial charge in [0.2, 0.25) is 5.88 Å². The molecule has 4 aromatic rings. The zero-order valence-electron chi connectivity index (χ0n) is 17.1. The number of carbonyl (C=O) groups excluding carboxylic acids is 1. The summed E-state index contributed by atoms with van der Waals surface area (Å²) in [7, 11) is 0. The first kappa shape index (κ1) is 20.0. The number of halogens is 1. The second kappa shape index (κ2) is 7.54. The highest BCUT2D eigenvalue weighted by Crippen LogP contribution is 2.35. The third-order valence-corrected chi connectivity index (χ3v) is 4.68. The summed E-state index contributed by atoms with van der Waals surface area (Å²) in [5.74, 6) is 1.57. The molecule has 0 unspecified atom stereocenters. The van der Waals surface area contributed by atoms with Crippen LogP contribution in [0.3, 0.4) is 0 Å². The van der Waals surface area contributed by atoms with Crippen molar-refractivity contribution in [3.8, 4) is 17.4 Å². The number of rotatable bonds is 3. The van der Waals surface area contributed by atoms with Gasteiger partial charge in [-0.3, -0.25) is 0 Å². The first-order valence-electron chi connectivity index (χ1n) is 9.45. The minimum atomic E-state index is -0.788. The zero-order chi connectivity index (χ0) is 21.5. The first-order chi connectivity index (χ1) is 14.2. The average Bonchev–Trinajstić information content (AvgIpc) is 3.03. The Labute approximate surface area is 178 Å². The van der Waals surface area contributed by atoms with E-state index in [2.05, 4.69) is 9.97 Å². The highest BCUT2D eigenvalue weighted by molar-refractivity contribution is 6.30. The number of benzene rings is 2. The fourth-order valence-electron chi connectivity index (χ4n) is 3.17. The fraction of sp³-hybridized carbons (Fsp3) is 0.217. The van der Waals surface area contributed by atoms with Gasteiger partial charge in [0.05, 0.1) is 11.7 Å². The number of aryl methyl sites for hydroxylation is 1. The normalized spacial score (nSPS) is 11.6. The molecule has 6 nitrogen and oxygen atoms in total. The summed E-state index contributed by atoms with van der Waals surface area (Å²) >= 11 is 5.94. The van der Waals surface area contributed by atoms with Gasteiger partial charge < -0.3 is 19.2 Å². The van der Waals surface area contributed by atoms with E-state index in [4.69, 9.17) is 25.8 Å². The Hall–Kier alpha value is -3.25. The molecule has 2 aromatic heterocycles. The van der Waals surface area contributed by atoms with E-state index in [0.717, 1.165) is 27.4 Å². The number of fused-ring (bicyclic) bond motifs is 3. The van der Waals surface area contributed by atoms with Crippen LogP contribution < -0.4 is 9.47 Å². The Kier molecular flexibility index (Phi) is 5.03. The molecule has 7 heteroatoms. The second-order valence-corrected chi connectivity index (χ2v) is 8.37. The molecule has 0 aliphatic carbocycles. The van der Waals surface area contributed by atoms with Crippen LogP contribution in [-0.2, 0) is 4.74 Å². The number of aromatic nitrogens is 2. The van der Waals surface area contributed by atoms with Crippen LogP contribution in [-0.4, -0.2) is 21.7 Å². The lowest BCUT2D eigenvalue weighted by Crippen LogP contribution is -2.26. The minimum absolute atomic E-state index is 0.210. The van der Waals surface area contributed by atoms with Crippen LogP contribution in [0.4, 0.5) is 4.79 Å². The number of nitrogens with one attached hydrogen (secondary N) is 1. The van der Waals surface area contributed by atoms with E-state index in [1.54, 1.807) is 39.1 Å². The van der Waals surface area contributed by atoms with Crippen molar-refractivity contribution in [3.63, 3.8) is 0 Å². The van der Waals surface area contributed by atoms with Gasteiger partial charge in [0.15, 0.2) is 0 Å². The number of hydrogen-bond acceptors (Lipinski definition) is 5. The summed E-state index contributed by atoms with van der Waals surface area (Å²) in [6.07, 6.45) is 0.853. The number of carbonyl (C=O) groups is 1. The molecule has 0 fully saturated rings. The summed E-state index contributed by atoms with van der Waals surface area (Å²) in [6, 6.07) is 12.9. The molecule has 2 heterocycles. The molecule has 0 aliphatic heterocycles. The van der Waals surface area contributed by atoms with Crippen molar-refractivity contribution < 1.29 is 19.0 Å². The number of nitrogens with zero attached hydrogens (tertiary/aromatic N) is 1. The van der Waals surface area contributed by atoms with Gasteiger partial charge in [-0.25, -0.2) is 9.78 Å². The lowest BCUT2D eigenvalue weighted by molar-refractivity contribution is 0.0196. The van der Waals surface area contributed by atoms with E-state index < -0.39 is 11.8 Å². The van der Waals surface area contributed by atoms with Crippen LogP contribution in [0.1, 0.15) is 26.3 Å². The number of H-pyrrole nitrogens is 1. The van der Waals surface area contributed by atoms with E-state index in [1.807, 2.05) is 37.3 Å². The quantitative estimate of drug-likeness (QED) is 0.367. The largest absolute Gasteiger partial charge is 0.515 e. The van der Waals surface area contributed by atoms with E-state index in [-0.39, 0.29) is 5.88 Å². The third kappa shape index (κ3) is 4.19. The second-order valence-electron chi connectivity index (χ2n) is 7.93. The van der Waals surface area contributed by atoms with Gasteiger partial charge in [0, 0.05) is 26.9 Å². The molecule has 0 saturated carbocycles. The number of aromatic amines is 1. The van der Waals surface area contributed by atoms with Gasteiger partial charge >= 0.3 is 6.16 Å². The first-order valence-corrected chi connectivity index (χ1v) is 9.83. The monoisotopic (exact) mass is 424 g/mol. The van der Waals surface area contributed by atoms with E-state index in [9.17, 15) is 4.79 Å². The summed E-state index contributed by atoms with van der Waals surface area (Å²) in [4.78, 5) is 19.7. The smallest absolute Gasteiger partial charge is 0.457 e. The number of pyridine rings is 1. The van der Waals surface area contributed by atoms with Crippen molar-refractivity contribution in [3.05, 3.63) is 59.2 Å². The molecule has 0 radical (unpaired) electrons. The molecule has 4 rings (SSSR count). The maximum Gasteiger partial charge on any atom is 0.515 e. The van der Waals surface area contributed by atoms with E-state index in [1.165, 1.54) is 0 Å². The van der Waals surface area contributed by atoms with Gasteiger partial charge in [-0.2, -0.15) is 0 Å². The van der Waals surface area contributed by atoms with Crippen LogP contribution >= 0.6 is 11.6 Å². The van der Waals surface area contributed by atoms with Gasteiger partial charge in [0.1, 0.15) is 17.1 Å². The van der Waals surface area contributed by atoms with Gasteiger partial charge in [-0.15, -0.1) is 0 Å². The molecule has 1 N–H and O–H groups in total. The van der Waals surface area contributed by atoms with Crippen molar-refractivity contribution in [2.75, 3.05) is 0 Å². The zero-order valence-corrected chi connectivity index (χ0v) is 17.8. The van der Waals surface area contributed by atoms with Crippen molar-refractivity contribution >= 4 is 39.6 Å². The van der Waals surface area contributed by atoms with Crippen molar-refractivity contribution in [2.24, 2.45) is 0 Å². The Balaban J connectivity index is 1.71. The van der Waals surface area contributed by atoms with Gasteiger partial charge in [-0.05, 0) is 70.2 Å². The third-order valence-electron chi connectivity index (χ3n) is 4.42. The lowest BCUT2D eigenvalue weighted by Gasteiger charge is -2.18. The van der Waals surface area contributed by atoms with Gasteiger partial charge in [0.25, 0.3) is 0 Å². The Bertz CT molecular complexity index is 1240. The molecule has 0 spiro atoms. The van der Waals surface area contributed by atoms with Crippen molar-refractivity contribution in [2.45, 2.75) is 33.3 Å². The molecule has 154 valence electrons. The fourth-order valence-corrected chi connectivity index (χ4v) is 3.30. The maximum atomic E-state index is 12.1. The Morgan fingerprint density at radius 1 is 1.03 bits per heavy atom. The van der Waals surface area contributed by atoms with Crippen molar-refractivity contribution in [1.82, 2.24) is 9.97 Å². The average molecular weight is 425 g/mol. The highest BCUT2D eigenvalue weighted by Gasteiger charge is 2.21. The predicted molar refractivity (Wildman–Crippen MR) is 117 cm³/mol. The highest BCUT2D eigenvalue weighted by atomic mass is 35.5. The molecule has 30 heavy (non-hydrogen) atoms. The molecule has 0 aliphatic rings. The summed E-state index contributed by atoms with van der Waals surface area (Å²) in [5, 5.41) is 2.49. The molecule has 0 amide bonds. The SMILES string of the molecule is Cc1c(OC(=O)OC(C)(C)C)ncc2[nH]c3ccc(Oc4ccc(Cl)cc4)cc3c12. The molecule has 0 saturated heterocycles. The van der Waals surface area contributed by atoms with Crippen LogP contribution in [0.15, 0.2) is 48.7 Å². The van der Waals surface area contributed by atoms with Crippen LogP contribution in [0.5, 0.6) is 17.4 Å². The number of ether oxygens (including phenoxy) is 3. The standard InChI is InChI=1S/C23H21ClN2O4/c1-13-20-17-11-16(28-15-7-5-14(24)6-8-15)9-10-18(17)26-19(20)12-25-21(13)29-22(27)30-23(2,3)4/h5-12,26H,1-4H3. The van der Waals surface area contributed by atoms with E-state index >= 15 is 0 Å². The lowest BCUT2D eigenvalue weighted by atomic mass is 10.1.